The van der Waals surface area contributed by atoms with Crippen molar-refractivity contribution in [3.63, 3.8) is 0 Å². The molecule has 0 unspecified atom stereocenters. The van der Waals surface area contributed by atoms with E-state index in [1.807, 2.05) is 92.7 Å². The summed E-state index contributed by atoms with van der Waals surface area (Å²) in [6.07, 6.45) is -1.73. The lowest BCUT2D eigenvalue weighted by atomic mass is 9.75. The Morgan fingerprint density at radius 3 is 1.76 bits per heavy atom. The summed E-state index contributed by atoms with van der Waals surface area (Å²) >= 11 is 0. The average Bonchev–Trinajstić information content (AvgIpc) is 3.18. The van der Waals surface area contributed by atoms with Crippen LogP contribution in [0.1, 0.15) is 43.6 Å². The summed E-state index contributed by atoms with van der Waals surface area (Å²) in [6.45, 7) is 5.60. The third kappa shape index (κ3) is 3.93. The Morgan fingerprint density at radius 2 is 1.30 bits per heavy atom. The number of hydrogen-bond acceptors (Lipinski definition) is 4. The summed E-state index contributed by atoms with van der Waals surface area (Å²) in [6, 6.07) is 27.5. The van der Waals surface area contributed by atoms with Gasteiger partial charge in [0.1, 0.15) is 0 Å². The molecule has 3 aromatic carbocycles. The summed E-state index contributed by atoms with van der Waals surface area (Å²) in [5.74, 6) is -1.39. The van der Waals surface area contributed by atoms with E-state index in [1.165, 1.54) is 4.90 Å². The molecule has 1 saturated heterocycles. The summed E-state index contributed by atoms with van der Waals surface area (Å²) < 4.78 is 6.15. The fourth-order valence-corrected chi connectivity index (χ4v) is 4.83. The Hall–Kier alpha value is -3.44. The zero-order chi connectivity index (χ0) is 23.6. The van der Waals surface area contributed by atoms with Crippen molar-refractivity contribution in [1.29, 1.82) is 0 Å². The van der Waals surface area contributed by atoms with Crippen LogP contribution in [0.4, 0.5) is 4.79 Å². The molecule has 5 heteroatoms. The quantitative estimate of drug-likeness (QED) is 0.561. The predicted octanol–water partition coefficient (Wildman–Crippen LogP) is 5.30. The van der Waals surface area contributed by atoms with Gasteiger partial charge in [-0.1, -0.05) is 112 Å². The number of rotatable bonds is 6. The molecule has 0 spiro atoms. The van der Waals surface area contributed by atoms with E-state index in [0.717, 1.165) is 11.1 Å². The first kappa shape index (κ1) is 22.7. The number of cyclic esters (lactones) is 1. The maximum atomic E-state index is 13.7. The number of imide groups is 1. The zero-order valence-electron chi connectivity index (χ0n) is 19.1. The van der Waals surface area contributed by atoms with Crippen molar-refractivity contribution in [3.8, 4) is 0 Å². The monoisotopic (exact) mass is 443 g/mol. The molecule has 2 amide bonds. The number of amides is 2. The standard InChI is InChI=1S/C28H29NO4/c1-19(2)25-28(22-15-9-5-10-16-22,23-17-11-6-12-18-23)33-27(32)29(25)26(31)20(3)24(30)21-13-7-4-8-14-21/h4-20,24-25,30H,1-3H3/t20-,24-,25+/m1/s1. The molecule has 0 aliphatic carbocycles. The molecule has 0 bridgehead atoms. The molecule has 0 saturated carbocycles. The molecule has 1 aliphatic rings. The molecule has 33 heavy (non-hydrogen) atoms. The van der Waals surface area contributed by atoms with Gasteiger partial charge in [0.05, 0.1) is 18.1 Å². The van der Waals surface area contributed by atoms with Crippen molar-refractivity contribution in [3.05, 3.63) is 108 Å². The van der Waals surface area contributed by atoms with Crippen molar-refractivity contribution in [2.75, 3.05) is 0 Å². The Balaban J connectivity index is 1.80. The summed E-state index contributed by atoms with van der Waals surface area (Å²) in [7, 11) is 0. The first-order chi connectivity index (χ1) is 15.9. The first-order valence-corrected chi connectivity index (χ1v) is 11.3. The number of aliphatic hydroxyl groups excluding tert-OH is 1. The number of nitrogens with zero attached hydrogens (tertiary/aromatic N) is 1. The number of ether oxygens (including phenoxy) is 1. The van der Waals surface area contributed by atoms with Crippen LogP contribution in [-0.4, -0.2) is 28.0 Å². The molecule has 1 heterocycles. The Labute approximate surface area is 194 Å². The molecule has 3 aromatic rings. The molecule has 4 rings (SSSR count). The molecule has 0 radical (unpaired) electrons. The Morgan fingerprint density at radius 1 is 0.848 bits per heavy atom. The molecule has 170 valence electrons. The second kappa shape index (κ2) is 9.20. The van der Waals surface area contributed by atoms with Gasteiger partial charge in [-0.25, -0.2) is 9.69 Å². The van der Waals surface area contributed by atoms with Gasteiger partial charge in [0.2, 0.25) is 5.91 Å². The number of hydrogen-bond donors (Lipinski definition) is 1. The van der Waals surface area contributed by atoms with Crippen molar-refractivity contribution >= 4 is 12.0 Å². The summed E-state index contributed by atoms with van der Waals surface area (Å²) in [4.78, 5) is 28.3. The van der Waals surface area contributed by atoms with Gasteiger partial charge in [0, 0.05) is 11.1 Å². The highest BCUT2D eigenvalue weighted by Gasteiger charge is 2.59. The van der Waals surface area contributed by atoms with Crippen LogP contribution in [0.2, 0.25) is 0 Å². The van der Waals surface area contributed by atoms with Crippen molar-refractivity contribution in [1.82, 2.24) is 4.90 Å². The lowest BCUT2D eigenvalue weighted by molar-refractivity contribution is -0.137. The topological polar surface area (TPSA) is 66.8 Å². The third-order valence-electron chi connectivity index (χ3n) is 6.42. The minimum absolute atomic E-state index is 0.109. The highest BCUT2D eigenvalue weighted by atomic mass is 16.6. The molecule has 5 nitrogen and oxygen atoms in total. The number of carbonyl (C=O) groups is 2. The molecule has 3 atom stereocenters. The first-order valence-electron chi connectivity index (χ1n) is 11.3. The van der Waals surface area contributed by atoms with Gasteiger partial charge in [-0.2, -0.15) is 0 Å². The predicted molar refractivity (Wildman–Crippen MR) is 126 cm³/mol. The second-order valence-corrected chi connectivity index (χ2v) is 8.88. The fraction of sp³-hybridized carbons (Fsp3) is 0.286. The van der Waals surface area contributed by atoms with Crippen molar-refractivity contribution in [2.45, 2.75) is 38.5 Å². The van der Waals surface area contributed by atoms with Crippen molar-refractivity contribution in [2.24, 2.45) is 11.8 Å². The molecule has 1 fully saturated rings. The van der Waals surface area contributed by atoms with E-state index in [2.05, 4.69) is 0 Å². The van der Waals surface area contributed by atoms with Gasteiger partial charge >= 0.3 is 6.09 Å². The van der Waals surface area contributed by atoms with Crippen LogP contribution in [-0.2, 0) is 15.1 Å². The normalized spacial score (nSPS) is 19.2. The maximum absolute atomic E-state index is 13.7. The largest absolute Gasteiger partial charge is 0.430 e. The number of aliphatic hydroxyl groups is 1. The van der Waals surface area contributed by atoms with Gasteiger partial charge in [0.15, 0.2) is 5.60 Å². The SMILES string of the molecule is CC(C)[C@@H]1N(C(=O)[C@H](C)[C@@H](O)c2ccccc2)C(=O)OC1(c1ccccc1)c1ccccc1. The van der Waals surface area contributed by atoms with E-state index in [1.54, 1.807) is 19.1 Å². The van der Waals surface area contributed by atoms with Crippen LogP contribution in [0.3, 0.4) is 0 Å². The van der Waals surface area contributed by atoms with Crippen LogP contribution in [0.5, 0.6) is 0 Å². The fourth-order valence-electron chi connectivity index (χ4n) is 4.83. The molecular formula is C28H29NO4. The van der Waals surface area contributed by atoms with E-state index in [-0.39, 0.29) is 5.92 Å². The highest BCUT2D eigenvalue weighted by molar-refractivity contribution is 5.96. The average molecular weight is 444 g/mol. The Kier molecular flexibility index (Phi) is 6.34. The molecule has 1 aliphatic heterocycles. The Bertz CT molecular complexity index is 1060. The van der Waals surface area contributed by atoms with E-state index in [0.29, 0.717) is 5.56 Å². The molecule has 0 aromatic heterocycles. The molecule has 1 N–H and O–H groups in total. The van der Waals surface area contributed by atoms with E-state index < -0.39 is 35.7 Å². The van der Waals surface area contributed by atoms with E-state index in [4.69, 9.17) is 4.74 Å². The third-order valence-corrected chi connectivity index (χ3v) is 6.42. The minimum atomic E-state index is -1.15. The van der Waals surface area contributed by atoms with Gasteiger partial charge in [0.25, 0.3) is 0 Å². The van der Waals surface area contributed by atoms with Crippen molar-refractivity contribution < 1.29 is 19.4 Å². The lowest BCUT2D eigenvalue weighted by Gasteiger charge is -2.38. The highest BCUT2D eigenvalue weighted by Crippen LogP contribution is 2.48. The maximum Gasteiger partial charge on any atom is 0.418 e. The lowest BCUT2D eigenvalue weighted by Crippen LogP contribution is -2.51. The number of carbonyl (C=O) groups excluding carboxylic acids is 2. The van der Waals surface area contributed by atoms with Crippen LogP contribution in [0.25, 0.3) is 0 Å². The summed E-state index contributed by atoms with van der Waals surface area (Å²) in [5, 5.41) is 10.9. The van der Waals surface area contributed by atoms with Crippen LogP contribution < -0.4 is 0 Å². The number of benzene rings is 3. The van der Waals surface area contributed by atoms with E-state index in [9.17, 15) is 14.7 Å². The van der Waals surface area contributed by atoms with E-state index >= 15 is 0 Å². The van der Waals surface area contributed by atoms with Gasteiger partial charge in [-0.3, -0.25) is 4.79 Å². The minimum Gasteiger partial charge on any atom is -0.430 e. The molecular weight excluding hydrogens is 414 g/mol. The van der Waals surface area contributed by atoms with Gasteiger partial charge < -0.3 is 9.84 Å². The zero-order valence-corrected chi connectivity index (χ0v) is 19.1. The van der Waals surface area contributed by atoms with Crippen LogP contribution in [0, 0.1) is 11.8 Å². The smallest absolute Gasteiger partial charge is 0.418 e. The van der Waals surface area contributed by atoms with Gasteiger partial charge in [-0.15, -0.1) is 0 Å². The van der Waals surface area contributed by atoms with Crippen LogP contribution in [0.15, 0.2) is 91.0 Å². The second-order valence-electron chi connectivity index (χ2n) is 8.88. The van der Waals surface area contributed by atoms with Crippen LogP contribution >= 0.6 is 0 Å². The van der Waals surface area contributed by atoms with Gasteiger partial charge in [-0.05, 0) is 11.5 Å². The summed E-state index contributed by atoms with van der Waals surface area (Å²) in [5.41, 5.74) is 1.08.